The van der Waals surface area contributed by atoms with E-state index in [1.807, 2.05) is 11.3 Å². The highest BCUT2D eigenvalue weighted by Gasteiger charge is 2.19. The maximum atomic E-state index is 6.54. The van der Waals surface area contributed by atoms with Gasteiger partial charge in [-0.2, -0.15) is 0 Å². The molecule has 0 atom stereocenters. The summed E-state index contributed by atoms with van der Waals surface area (Å²) in [5.74, 6) is 0. The van der Waals surface area contributed by atoms with Gasteiger partial charge in [-0.3, -0.25) is 0 Å². The number of fused-ring (bicyclic) bond motifs is 12. The molecular weight excluding hydrogens is 673 g/mol. The molecule has 0 saturated carbocycles. The van der Waals surface area contributed by atoms with Crippen LogP contribution in [0.2, 0.25) is 0 Å². The molecule has 0 aliphatic heterocycles. The van der Waals surface area contributed by atoms with Crippen molar-refractivity contribution in [2.75, 3.05) is 0 Å². The van der Waals surface area contributed by atoms with Gasteiger partial charge in [-0.1, -0.05) is 152 Å². The van der Waals surface area contributed by atoms with E-state index in [9.17, 15) is 0 Å². The normalized spacial score (nSPS) is 12.1. The summed E-state index contributed by atoms with van der Waals surface area (Å²) >= 11 is 1.86. The molecular formula is C52H30OS. The molecule has 10 aromatic carbocycles. The Kier molecular flexibility index (Phi) is 6.28. The summed E-state index contributed by atoms with van der Waals surface area (Å²) in [7, 11) is 0. The van der Waals surface area contributed by atoms with E-state index < -0.39 is 0 Å². The van der Waals surface area contributed by atoms with Gasteiger partial charge < -0.3 is 4.42 Å². The Morgan fingerprint density at radius 3 is 1.61 bits per heavy atom. The van der Waals surface area contributed by atoms with Crippen molar-refractivity contribution in [2.45, 2.75) is 0 Å². The third-order valence-corrected chi connectivity index (χ3v) is 12.6. The van der Waals surface area contributed by atoms with Crippen LogP contribution in [-0.2, 0) is 0 Å². The van der Waals surface area contributed by atoms with Crippen LogP contribution in [-0.4, -0.2) is 0 Å². The first-order valence-corrected chi connectivity index (χ1v) is 19.3. The highest BCUT2D eigenvalue weighted by molar-refractivity contribution is 7.26. The number of thiophene rings is 1. The van der Waals surface area contributed by atoms with Gasteiger partial charge in [0.1, 0.15) is 11.2 Å². The molecule has 0 saturated heterocycles. The van der Waals surface area contributed by atoms with Crippen molar-refractivity contribution in [1.82, 2.24) is 0 Å². The van der Waals surface area contributed by atoms with Gasteiger partial charge in [-0.05, 0) is 101 Å². The fourth-order valence-corrected chi connectivity index (χ4v) is 10.1. The maximum absolute atomic E-state index is 6.54. The van der Waals surface area contributed by atoms with Crippen molar-refractivity contribution in [3.05, 3.63) is 182 Å². The van der Waals surface area contributed by atoms with Crippen LogP contribution >= 0.6 is 11.3 Å². The molecule has 1 nitrogen and oxygen atoms in total. The van der Waals surface area contributed by atoms with E-state index in [4.69, 9.17) is 4.42 Å². The molecule has 250 valence electrons. The summed E-state index contributed by atoms with van der Waals surface area (Å²) in [6.07, 6.45) is 0. The standard InChI is InChI=1S/C52H30OS/c1-2-11-35-29-37(22-19-31(35)9-1)49-41-15-7-5-13-39(41)48(40-14-6-8-16-42(40)49)34-20-17-32(18-21-34)36-24-25-43-47(30-36)54-46-28-27-45-50(51(43)46)44-26-23-33-10-3-4-12-38(33)52(44)53-45/h1-30H. The van der Waals surface area contributed by atoms with Crippen LogP contribution in [0.25, 0.3) is 119 Å². The van der Waals surface area contributed by atoms with Crippen molar-refractivity contribution < 1.29 is 4.42 Å². The molecule has 0 aliphatic carbocycles. The lowest BCUT2D eigenvalue weighted by Gasteiger charge is -2.18. The van der Waals surface area contributed by atoms with Crippen molar-refractivity contribution >= 4 is 96.5 Å². The summed E-state index contributed by atoms with van der Waals surface area (Å²) in [6, 6.07) is 66.7. The average Bonchev–Trinajstić information content (AvgIpc) is 3.81. The SMILES string of the molecule is c1ccc2cc(-c3c4ccccc4c(-c4ccc(-c5ccc6c(c5)sc5ccc7oc8c9ccccc9ccc8c7c56)cc4)c4ccccc34)ccc2c1. The van der Waals surface area contributed by atoms with Gasteiger partial charge >= 0.3 is 0 Å². The van der Waals surface area contributed by atoms with E-state index in [1.54, 1.807) is 0 Å². The fourth-order valence-electron chi connectivity index (χ4n) is 8.97. The zero-order chi connectivity index (χ0) is 35.3. The van der Waals surface area contributed by atoms with Crippen LogP contribution in [0.1, 0.15) is 0 Å². The largest absolute Gasteiger partial charge is 0.455 e. The van der Waals surface area contributed by atoms with Gasteiger partial charge in [0.05, 0.1) is 0 Å². The molecule has 2 aromatic heterocycles. The second kappa shape index (κ2) is 11.4. The summed E-state index contributed by atoms with van der Waals surface area (Å²) < 4.78 is 9.11. The Morgan fingerprint density at radius 2 is 0.870 bits per heavy atom. The van der Waals surface area contributed by atoms with Crippen molar-refractivity contribution in [3.8, 4) is 33.4 Å². The predicted molar refractivity (Wildman–Crippen MR) is 233 cm³/mol. The van der Waals surface area contributed by atoms with E-state index in [0.717, 1.165) is 16.6 Å². The molecule has 0 radical (unpaired) electrons. The van der Waals surface area contributed by atoms with Gasteiger partial charge in [-0.15, -0.1) is 11.3 Å². The van der Waals surface area contributed by atoms with Crippen molar-refractivity contribution in [3.63, 3.8) is 0 Å². The van der Waals surface area contributed by atoms with Crippen LogP contribution in [0.3, 0.4) is 0 Å². The Labute approximate surface area is 314 Å². The highest BCUT2D eigenvalue weighted by atomic mass is 32.1. The molecule has 0 fully saturated rings. The minimum absolute atomic E-state index is 0.943. The van der Waals surface area contributed by atoms with E-state index in [1.165, 1.54) is 102 Å². The number of benzene rings is 10. The van der Waals surface area contributed by atoms with Gasteiger partial charge in [0, 0.05) is 36.3 Å². The second-order valence-corrected chi connectivity index (χ2v) is 15.5. The summed E-state index contributed by atoms with van der Waals surface area (Å²) in [4.78, 5) is 0. The van der Waals surface area contributed by atoms with Crippen molar-refractivity contribution in [1.29, 1.82) is 0 Å². The molecule has 0 aliphatic rings. The lowest BCUT2D eigenvalue weighted by atomic mass is 9.85. The smallest absolute Gasteiger partial charge is 0.143 e. The van der Waals surface area contributed by atoms with E-state index in [2.05, 4.69) is 182 Å². The molecule has 12 aromatic rings. The average molecular weight is 703 g/mol. The quantitative estimate of drug-likeness (QED) is 0.167. The number of hydrogen-bond acceptors (Lipinski definition) is 2. The molecule has 12 rings (SSSR count). The first-order chi connectivity index (χ1) is 26.8. The molecule has 0 spiro atoms. The third-order valence-electron chi connectivity index (χ3n) is 11.4. The van der Waals surface area contributed by atoms with Crippen LogP contribution in [0.5, 0.6) is 0 Å². The maximum Gasteiger partial charge on any atom is 0.143 e. The van der Waals surface area contributed by atoms with Gasteiger partial charge in [0.25, 0.3) is 0 Å². The number of rotatable bonds is 3. The zero-order valence-corrected chi connectivity index (χ0v) is 30.0. The molecule has 0 amide bonds. The van der Waals surface area contributed by atoms with E-state index >= 15 is 0 Å². The Morgan fingerprint density at radius 1 is 0.315 bits per heavy atom. The predicted octanol–water partition coefficient (Wildman–Crippen LogP) is 15.6. The van der Waals surface area contributed by atoms with Crippen LogP contribution in [0.15, 0.2) is 186 Å². The molecule has 0 bridgehead atoms. The fraction of sp³-hybridized carbons (Fsp3) is 0. The summed E-state index contributed by atoms with van der Waals surface area (Å²) in [5, 5.41) is 14.9. The Hall–Kier alpha value is -6.74. The van der Waals surface area contributed by atoms with Crippen molar-refractivity contribution in [2.24, 2.45) is 0 Å². The molecule has 2 heteroatoms. The molecule has 2 heterocycles. The topological polar surface area (TPSA) is 13.1 Å². The van der Waals surface area contributed by atoms with E-state index in [-0.39, 0.29) is 0 Å². The minimum atomic E-state index is 0.943. The summed E-state index contributed by atoms with van der Waals surface area (Å²) in [5.41, 5.74) is 9.38. The first-order valence-electron chi connectivity index (χ1n) is 18.5. The van der Waals surface area contributed by atoms with Gasteiger partial charge in [0.15, 0.2) is 0 Å². The molecule has 0 N–H and O–H groups in total. The first kappa shape index (κ1) is 29.8. The van der Waals surface area contributed by atoms with Crippen LogP contribution in [0, 0.1) is 0 Å². The Bertz CT molecular complexity index is 3430. The lowest BCUT2D eigenvalue weighted by molar-refractivity contribution is 0.673. The zero-order valence-electron chi connectivity index (χ0n) is 29.1. The lowest BCUT2D eigenvalue weighted by Crippen LogP contribution is -1.91. The van der Waals surface area contributed by atoms with E-state index in [0.29, 0.717) is 0 Å². The third kappa shape index (κ3) is 4.32. The van der Waals surface area contributed by atoms with Crippen LogP contribution in [0.4, 0.5) is 0 Å². The molecule has 0 unspecified atom stereocenters. The molecule has 54 heavy (non-hydrogen) atoms. The highest BCUT2D eigenvalue weighted by Crippen LogP contribution is 2.46. The number of hydrogen-bond donors (Lipinski definition) is 0. The van der Waals surface area contributed by atoms with Gasteiger partial charge in [0.2, 0.25) is 0 Å². The number of furan rings is 1. The Balaban J connectivity index is 0.988. The van der Waals surface area contributed by atoms with Gasteiger partial charge in [-0.25, -0.2) is 0 Å². The second-order valence-electron chi connectivity index (χ2n) is 14.4. The monoisotopic (exact) mass is 702 g/mol. The summed E-state index contributed by atoms with van der Waals surface area (Å²) in [6.45, 7) is 0. The minimum Gasteiger partial charge on any atom is -0.455 e. The van der Waals surface area contributed by atoms with Crippen LogP contribution < -0.4 is 0 Å².